The van der Waals surface area contributed by atoms with E-state index in [1.165, 1.54) is 7.11 Å². The van der Waals surface area contributed by atoms with Crippen LogP contribution in [0, 0.1) is 6.92 Å². The first-order valence-corrected chi connectivity index (χ1v) is 6.72. The van der Waals surface area contributed by atoms with E-state index in [9.17, 15) is 4.79 Å². The Bertz CT molecular complexity index is 671. The van der Waals surface area contributed by atoms with Gasteiger partial charge in [-0.1, -0.05) is 11.6 Å². The lowest BCUT2D eigenvalue weighted by molar-refractivity contribution is 0.102. The van der Waals surface area contributed by atoms with Crippen LogP contribution in [0.1, 0.15) is 15.9 Å². The number of ether oxygens (including phenoxy) is 2. The van der Waals surface area contributed by atoms with E-state index in [2.05, 4.69) is 5.32 Å². The van der Waals surface area contributed by atoms with E-state index in [0.29, 0.717) is 27.8 Å². The number of aryl methyl sites for hydroxylation is 1. The van der Waals surface area contributed by atoms with Crippen LogP contribution < -0.4 is 14.8 Å². The number of rotatable bonds is 4. The minimum absolute atomic E-state index is 0.267. The Labute approximate surface area is 128 Å². The zero-order chi connectivity index (χ0) is 15.4. The van der Waals surface area contributed by atoms with Crippen LogP contribution in [0.5, 0.6) is 11.5 Å². The third-order valence-electron chi connectivity index (χ3n) is 3.09. The van der Waals surface area contributed by atoms with E-state index in [4.69, 9.17) is 21.1 Å². The van der Waals surface area contributed by atoms with Crippen molar-refractivity contribution in [2.24, 2.45) is 0 Å². The molecule has 0 spiro atoms. The maximum absolute atomic E-state index is 12.4. The maximum Gasteiger partial charge on any atom is 0.259 e. The molecule has 0 radical (unpaired) electrons. The first kappa shape index (κ1) is 15.2. The Morgan fingerprint density at radius 1 is 1.10 bits per heavy atom. The summed E-state index contributed by atoms with van der Waals surface area (Å²) < 4.78 is 10.4. The fourth-order valence-electron chi connectivity index (χ4n) is 1.95. The van der Waals surface area contributed by atoms with Crippen molar-refractivity contribution in [3.8, 4) is 11.5 Å². The summed E-state index contributed by atoms with van der Waals surface area (Å²) in [5, 5.41) is 3.48. The van der Waals surface area contributed by atoms with E-state index < -0.39 is 0 Å². The molecule has 2 rings (SSSR count). The van der Waals surface area contributed by atoms with Gasteiger partial charge in [-0.05, 0) is 48.9 Å². The Kier molecular flexibility index (Phi) is 4.70. The van der Waals surface area contributed by atoms with E-state index >= 15 is 0 Å². The molecule has 4 nitrogen and oxygen atoms in total. The van der Waals surface area contributed by atoms with Gasteiger partial charge in [0.25, 0.3) is 5.91 Å². The van der Waals surface area contributed by atoms with Gasteiger partial charge in [-0.25, -0.2) is 0 Å². The van der Waals surface area contributed by atoms with Gasteiger partial charge in [-0.3, -0.25) is 4.79 Å². The highest BCUT2D eigenvalue weighted by atomic mass is 35.5. The van der Waals surface area contributed by atoms with Gasteiger partial charge < -0.3 is 14.8 Å². The topological polar surface area (TPSA) is 47.6 Å². The van der Waals surface area contributed by atoms with Crippen molar-refractivity contribution < 1.29 is 14.3 Å². The molecular weight excluding hydrogens is 290 g/mol. The lowest BCUT2D eigenvalue weighted by Gasteiger charge is -2.12. The summed E-state index contributed by atoms with van der Waals surface area (Å²) in [6.07, 6.45) is 0. The predicted octanol–water partition coefficient (Wildman–Crippen LogP) is 3.92. The van der Waals surface area contributed by atoms with Crippen LogP contribution in [0.25, 0.3) is 0 Å². The molecule has 21 heavy (non-hydrogen) atoms. The number of benzene rings is 2. The largest absolute Gasteiger partial charge is 0.497 e. The average molecular weight is 306 g/mol. The van der Waals surface area contributed by atoms with Crippen LogP contribution in [0.2, 0.25) is 5.02 Å². The summed E-state index contributed by atoms with van der Waals surface area (Å²) in [5.41, 5.74) is 2.00. The number of methoxy groups -OCH3 is 2. The minimum Gasteiger partial charge on any atom is -0.497 e. The number of nitrogens with one attached hydrogen (secondary N) is 1. The van der Waals surface area contributed by atoms with Crippen LogP contribution in [-0.4, -0.2) is 20.1 Å². The van der Waals surface area contributed by atoms with Gasteiger partial charge in [0.05, 0.1) is 19.8 Å². The lowest BCUT2D eigenvalue weighted by atomic mass is 10.1. The number of carbonyl (C=O) groups excluding carboxylic acids is 1. The second kappa shape index (κ2) is 6.50. The third-order valence-corrected chi connectivity index (χ3v) is 3.32. The predicted molar refractivity (Wildman–Crippen MR) is 83.7 cm³/mol. The molecule has 0 unspecified atom stereocenters. The van der Waals surface area contributed by atoms with Crippen LogP contribution in [0.3, 0.4) is 0 Å². The average Bonchev–Trinajstić information content (AvgIpc) is 2.49. The smallest absolute Gasteiger partial charge is 0.259 e. The highest BCUT2D eigenvalue weighted by molar-refractivity contribution is 6.30. The second-order valence-corrected chi connectivity index (χ2v) is 4.92. The summed E-state index contributed by atoms with van der Waals surface area (Å²) in [6, 6.07) is 10.4. The zero-order valence-electron chi connectivity index (χ0n) is 12.1. The molecule has 0 aromatic heterocycles. The maximum atomic E-state index is 12.4. The molecule has 1 N–H and O–H groups in total. The molecular formula is C16H16ClNO3. The SMILES string of the molecule is COc1ccc(OC)c(C(=O)Nc2ccc(Cl)cc2C)c1. The first-order valence-electron chi connectivity index (χ1n) is 6.34. The molecule has 110 valence electrons. The van der Waals surface area contributed by atoms with Crippen molar-refractivity contribution >= 4 is 23.2 Å². The molecule has 2 aromatic carbocycles. The van der Waals surface area contributed by atoms with Crippen LogP contribution in [0.4, 0.5) is 5.69 Å². The highest BCUT2D eigenvalue weighted by Gasteiger charge is 2.14. The van der Waals surface area contributed by atoms with Crippen LogP contribution >= 0.6 is 11.6 Å². The first-order chi connectivity index (χ1) is 10.0. The van der Waals surface area contributed by atoms with Crippen LogP contribution in [0.15, 0.2) is 36.4 Å². The standard InChI is InChI=1S/C16H16ClNO3/c1-10-8-11(17)4-6-14(10)18-16(19)13-9-12(20-2)5-7-15(13)21-3/h4-9H,1-3H3,(H,18,19). The summed E-state index contributed by atoms with van der Waals surface area (Å²) in [4.78, 5) is 12.4. The Morgan fingerprint density at radius 2 is 1.86 bits per heavy atom. The molecule has 0 saturated carbocycles. The molecule has 1 amide bonds. The molecule has 0 atom stereocenters. The molecule has 0 heterocycles. The van der Waals surface area contributed by atoms with Gasteiger partial charge in [0.15, 0.2) is 0 Å². The van der Waals surface area contributed by atoms with E-state index in [0.717, 1.165) is 5.56 Å². The number of amides is 1. The molecule has 0 bridgehead atoms. The van der Waals surface area contributed by atoms with E-state index in [1.807, 2.05) is 6.92 Å². The molecule has 5 heteroatoms. The van der Waals surface area contributed by atoms with Gasteiger partial charge in [-0.2, -0.15) is 0 Å². The molecule has 0 saturated heterocycles. The monoisotopic (exact) mass is 305 g/mol. The fraction of sp³-hybridized carbons (Fsp3) is 0.188. The van der Waals surface area contributed by atoms with E-state index in [1.54, 1.807) is 43.5 Å². The van der Waals surface area contributed by atoms with Gasteiger partial charge in [0, 0.05) is 10.7 Å². The molecule has 0 aliphatic carbocycles. The lowest BCUT2D eigenvalue weighted by Crippen LogP contribution is -2.14. The number of carbonyl (C=O) groups is 1. The molecule has 0 fully saturated rings. The number of anilines is 1. The van der Waals surface area contributed by atoms with Crippen LogP contribution in [-0.2, 0) is 0 Å². The second-order valence-electron chi connectivity index (χ2n) is 4.48. The van der Waals surface area contributed by atoms with Crippen molar-refractivity contribution in [3.63, 3.8) is 0 Å². The minimum atomic E-state index is -0.267. The number of hydrogen-bond acceptors (Lipinski definition) is 3. The Hall–Kier alpha value is -2.20. The summed E-state index contributed by atoms with van der Waals surface area (Å²) >= 11 is 5.91. The summed E-state index contributed by atoms with van der Waals surface area (Å²) in [5.74, 6) is 0.810. The Morgan fingerprint density at radius 3 is 2.48 bits per heavy atom. The van der Waals surface area contributed by atoms with Crippen molar-refractivity contribution in [2.45, 2.75) is 6.92 Å². The number of halogens is 1. The Balaban J connectivity index is 2.31. The molecule has 0 aliphatic rings. The van der Waals surface area contributed by atoms with Crippen molar-refractivity contribution in [1.82, 2.24) is 0 Å². The van der Waals surface area contributed by atoms with Gasteiger partial charge in [0.2, 0.25) is 0 Å². The molecule has 2 aromatic rings. The van der Waals surface area contributed by atoms with Gasteiger partial charge >= 0.3 is 0 Å². The van der Waals surface area contributed by atoms with Crippen molar-refractivity contribution in [2.75, 3.05) is 19.5 Å². The normalized spacial score (nSPS) is 10.1. The van der Waals surface area contributed by atoms with E-state index in [-0.39, 0.29) is 5.91 Å². The highest BCUT2D eigenvalue weighted by Crippen LogP contribution is 2.26. The van der Waals surface area contributed by atoms with Crippen molar-refractivity contribution in [3.05, 3.63) is 52.5 Å². The van der Waals surface area contributed by atoms with Crippen molar-refractivity contribution in [1.29, 1.82) is 0 Å². The summed E-state index contributed by atoms with van der Waals surface area (Å²) in [6.45, 7) is 1.88. The molecule has 0 aliphatic heterocycles. The fourth-order valence-corrected chi connectivity index (χ4v) is 2.18. The zero-order valence-corrected chi connectivity index (χ0v) is 12.8. The van der Waals surface area contributed by atoms with Gasteiger partial charge in [0.1, 0.15) is 11.5 Å². The van der Waals surface area contributed by atoms with Gasteiger partial charge in [-0.15, -0.1) is 0 Å². The quantitative estimate of drug-likeness (QED) is 0.931. The third kappa shape index (κ3) is 3.47. The summed E-state index contributed by atoms with van der Waals surface area (Å²) in [7, 11) is 3.07. The number of hydrogen-bond donors (Lipinski definition) is 1.